The molecule has 2 aromatic carbocycles. The molecule has 1 amide bonds. The third-order valence-corrected chi connectivity index (χ3v) is 5.16. The number of carbonyl (C=O) groups excluding carboxylic acids is 1. The molecule has 6 nitrogen and oxygen atoms in total. The summed E-state index contributed by atoms with van der Waals surface area (Å²) >= 11 is 0. The molecule has 3 aromatic rings. The quantitative estimate of drug-likeness (QED) is 0.629. The van der Waals surface area contributed by atoms with Gasteiger partial charge in [-0.1, -0.05) is 24.3 Å². The molecule has 154 valence electrons. The first kappa shape index (κ1) is 19.8. The summed E-state index contributed by atoms with van der Waals surface area (Å²) in [5.74, 6) is 2.50. The number of amides is 1. The molecule has 30 heavy (non-hydrogen) atoms. The average molecular weight is 403 g/mol. The van der Waals surface area contributed by atoms with Gasteiger partial charge in [-0.3, -0.25) is 4.79 Å². The van der Waals surface area contributed by atoms with Crippen molar-refractivity contribution < 1.29 is 14.3 Å². The van der Waals surface area contributed by atoms with Crippen LogP contribution in [0.5, 0.6) is 11.5 Å². The predicted molar refractivity (Wildman–Crippen MR) is 116 cm³/mol. The summed E-state index contributed by atoms with van der Waals surface area (Å²) in [7, 11) is 1.63. The van der Waals surface area contributed by atoms with Gasteiger partial charge in [0.25, 0.3) is 5.91 Å². The van der Waals surface area contributed by atoms with Crippen LogP contribution >= 0.6 is 0 Å². The van der Waals surface area contributed by atoms with Crippen molar-refractivity contribution in [3.63, 3.8) is 0 Å². The van der Waals surface area contributed by atoms with E-state index < -0.39 is 0 Å². The average Bonchev–Trinajstić information content (AvgIpc) is 2.83. The Labute approximate surface area is 176 Å². The largest absolute Gasteiger partial charge is 0.497 e. The van der Waals surface area contributed by atoms with Gasteiger partial charge < -0.3 is 19.3 Å². The summed E-state index contributed by atoms with van der Waals surface area (Å²) in [5.41, 5.74) is 1.64. The number of nitrogens with zero attached hydrogens (tertiary/aromatic N) is 3. The second-order valence-corrected chi connectivity index (χ2v) is 7.14. The number of hydrogen-bond donors (Lipinski definition) is 0. The van der Waals surface area contributed by atoms with E-state index in [0.717, 1.165) is 36.0 Å². The molecule has 0 aliphatic carbocycles. The lowest BCUT2D eigenvalue weighted by Crippen LogP contribution is -2.49. The van der Waals surface area contributed by atoms with Gasteiger partial charge in [0.15, 0.2) is 0 Å². The van der Waals surface area contributed by atoms with E-state index in [-0.39, 0.29) is 5.91 Å². The summed E-state index contributed by atoms with van der Waals surface area (Å²) in [6.07, 6.45) is 1.80. The number of methoxy groups -OCH3 is 1. The molecule has 4 rings (SSSR count). The molecule has 1 fully saturated rings. The number of piperazine rings is 1. The maximum atomic E-state index is 13.0. The lowest BCUT2D eigenvalue weighted by Gasteiger charge is -2.35. The lowest BCUT2D eigenvalue weighted by molar-refractivity contribution is 0.0746. The fraction of sp³-hybridized carbons (Fsp3) is 0.250. The minimum Gasteiger partial charge on any atom is -0.497 e. The van der Waals surface area contributed by atoms with Gasteiger partial charge in [-0.05, 0) is 42.0 Å². The fourth-order valence-corrected chi connectivity index (χ4v) is 3.51. The van der Waals surface area contributed by atoms with Crippen LogP contribution in [-0.4, -0.2) is 49.1 Å². The Morgan fingerprint density at radius 1 is 0.933 bits per heavy atom. The van der Waals surface area contributed by atoms with E-state index in [2.05, 4.69) is 9.88 Å². The Kier molecular flexibility index (Phi) is 6.13. The minimum atomic E-state index is 0.0545. The third-order valence-electron chi connectivity index (χ3n) is 5.16. The highest BCUT2D eigenvalue weighted by molar-refractivity contribution is 5.94. The predicted octanol–water partition coefficient (Wildman–Crippen LogP) is 3.63. The van der Waals surface area contributed by atoms with Crippen molar-refractivity contribution in [3.05, 3.63) is 84.1 Å². The number of aromatic nitrogens is 1. The van der Waals surface area contributed by atoms with Gasteiger partial charge in [0.1, 0.15) is 23.9 Å². The zero-order chi connectivity index (χ0) is 20.8. The van der Waals surface area contributed by atoms with E-state index in [9.17, 15) is 4.79 Å². The first-order valence-corrected chi connectivity index (χ1v) is 10.0. The highest BCUT2D eigenvalue weighted by atomic mass is 16.5. The second-order valence-electron chi connectivity index (χ2n) is 7.14. The van der Waals surface area contributed by atoms with E-state index in [1.165, 1.54) is 0 Å². The highest BCUT2D eigenvalue weighted by Gasteiger charge is 2.22. The van der Waals surface area contributed by atoms with Crippen molar-refractivity contribution in [1.29, 1.82) is 0 Å². The molecule has 1 aliphatic heterocycles. The van der Waals surface area contributed by atoms with Crippen LogP contribution in [0.1, 0.15) is 15.9 Å². The normalized spacial score (nSPS) is 13.8. The Bertz CT molecular complexity index is 986. The van der Waals surface area contributed by atoms with Crippen molar-refractivity contribution in [2.45, 2.75) is 6.61 Å². The molecular weight excluding hydrogens is 378 g/mol. The van der Waals surface area contributed by atoms with Crippen LogP contribution in [0.15, 0.2) is 72.9 Å². The van der Waals surface area contributed by atoms with Gasteiger partial charge in [0.2, 0.25) is 0 Å². The van der Waals surface area contributed by atoms with Crippen LogP contribution in [0.4, 0.5) is 5.82 Å². The van der Waals surface area contributed by atoms with Gasteiger partial charge in [0.05, 0.1) is 7.11 Å². The Balaban J connectivity index is 1.36. The topological polar surface area (TPSA) is 54.9 Å². The van der Waals surface area contributed by atoms with Crippen molar-refractivity contribution in [1.82, 2.24) is 9.88 Å². The zero-order valence-electron chi connectivity index (χ0n) is 17.0. The molecule has 0 N–H and O–H groups in total. The van der Waals surface area contributed by atoms with Crippen LogP contribution in [0, 0.1) is 0 Å². The van der Waals surface area contributed by atoms with Gasteiger partial charge >= 0.3 is 0 Å². The zero-order valence-corrected chi connectivity index (χ0v) is 17.0. The standard InChI is InChI=1S/C24H25N3O3/c1-29-21-8-5-9-22(17-21)30-18-19-6-4-7-20(16-19)24(28)27-14-12-26(13-15-27)23-10-2-3-11-25-23/h2-11,16-17H,12-15,18H2,1H3. The fourth-order valence-electron chi connectivity index (χ4n) is 3.51. The Morgan fingerprint density at radius 2 is 1.73 bits per heavy atom. The van der Waals surface area contributed by atoms with E-state index in [4.69, 9.17) is 9.47 Å². The number of pyridine rings is 1. The molecular formula is C24H25N3O3. The monoisotopic (exact) mass is 403 g/mol. The molecule has 2 heterocycles. The third kappa shape index (κ3) is 4.71. The van der Waals surface area contributed by atoms with E-state index in [0.29, 0.717) is 25.3 Å². The summed E-state index contributed by atoms with van der Waals surface area (Å²) in [6, 6.07) is 21.0. The van der Waals surface area contributed by atoms with Gasteiger partial charge in [-0.2, -0.15) is 0 Å². The van der Waals surface area contributed by atoms with Gasteiger partial charge in [-0.25, -0.2) is 4.98 Å². The smallest absolute Gasteiger partial charge is 0.253 e. The number of benzene rings is 2. The minimum absolute atomic E-state index is 0.0545. The van der Waals surface area contributed by atoms with Crippen molar-refractivity contribution in [2.75, 3.05) is 38.2 Å². The number of anilines is 1. The van der Waals surface area contributed by atoms with Gasteiger partial charge in [-0.15, -0.1) is 0 Å². The number of hydrogen-bond acceptors (Lipinski definition) is 5. The molecule has 1 aromatic heterocycles. The Morgan fingerprint density at radius 3 is 2.50 bits per heavy atom. The summed E-state index contributed by atoms with van der Waals surface area (Å²) in [5, 5.41) is 0. The number of rotatable bonds is 6. The van der Waals surface area contributed by atoms with E-state index >= 15 is 0 Å². The molecule has 0 spiro atoms. The van der Waals surface area contributed by atoms with Crippen molar-refractivity contribution in [2.24, 2.45) is 0 Å². The molecule has 0 unspecified atom stereocenters. The van der Waals surface area contributed by atoms with E-state index in [1.807, 2.05) is 71.6 Å². The van der Waals surface area contributed by atoms with Crippen molar-refractivity contribution in [3.8, 4) is 11.5 Å². The van der Waals surface area contributed by atoms with E-state index in [1.54, 1.807) is 13.3 Å². The van der Waals surface area contributed by atoms with Crippen LogP contribution in [0.3, 0.4) is 0 Å². The van der Waals surface area contributed by atoms with Crippen LogP contribution in [0.25, 0.3) is 0 Å². The Hall–Kier alpha value is -3.54. The molecule has 0 atom stereocenters. The summed E-state index contributed by atoms with van der Waals surface area (Å²) in [6.45, 7) is 3.31. The molecule has 0 saturated carbocycles. The first-order valence-electron chi connectivity index (χ1n) is 10.0. The summed E-state index contributed by atoms with van der Waals surface area (Å²) < 4.78 is 11.1. The van der Waals surface area contributed by atoms with Crippen LogP contribution in [0.2, 0.25) is 0 Å². The molecule has 1 aliphatic rings. The number of carbonyl (C=O) groups is 1. The maximum Gasteiger partial charge on any atom is 0.253 e. The van der Waals surface area contributed by atoms with Crippen molar-refractivity contribution >= 4 is 11.7 Å². The SMILES string of the molecule is COc1cccc(OCc2cccc(C(=O)N3CCN(c4ccccn4)CC3)c2)c1. The van der Waals surface area contributed by atoms with Gasteiger partial charge in [0, 0.05) is 44.0 Å². The molecule has 0 bridgehead atoms. The number of ether oxygens (including phenoxy) is 2. The molecule has 1 saturated heterocycles. The second kappa shape index (κ2) is 9.31. The highest BCUT2D eigenvalue weighted by Crippen LogP contribution is 2.20. The van der Waals surface area contributed by atoms with Crippen LogP contribution in [-0.2, 0) is 6.61 Å². The lowest BCUT2D eigenvalue weighted by atomic mass is 10.1. The van der Waals surface area contributed by atoms with Crippen LogP contribution < -0.4 is 14.4 Å². The molecule has 0 radical (unpaired) electrons. The molecule has 6 heteroatoms. The summed E-state index contributed by atoms with van der Waals surface area (Å²) in [4.78, 5) is 21.5. The maximum absolute atomic E-state index is 13.0. The first-order chi connectivity index (χ1) is 14.7.